The van der Waals surface area contributed by atoms with Crippen molar-refractivity contribution in [3.8, 4) is 0 Å². The molecular weight excluding hydrogens is 491 g/mol. The van der Waals surface area contributed by atoms with E-state index in [1.165, 1.54) is 17.0 Å². The quantitative estimate of drug-likeness (QED) is 0.418. The molecule has 2 heterocycles. The number of hydrogen-bond acceptors (Lipinski definition) is 4. The summed E-state index contributed by atoms with van der Waals surface area (Å²) >= 11 is 4.23. The molecule has 2 aromatic rings. The molecule has 2 aliphatic rings. The molecule has 0 aliphatic carbocycles. The van der Waals surface area contributed by atoms with Crippen LogP contribution >= 0.6 is 27.7 Å². The first-order valence-corrected chi connectivity index (χ1v) is 12.0. The highest BCUT2D eigenvalue weighted by atomic mass is 79.9. The normalized spacial score (nSPS) is 18.9. The Morgan fingerprint density at radius 3 is 2.50 bits per heavy atom. The van der Waals surface area contributed by atoms with Crippen molar-refractivity contribution in [3.63, 3.8) is 0 Å². The summed E-state index contributed by atoms with van der Waals surface area (Å²) in [7, 11) is 0. The summed E-state index contributed by atoms with van der Waals surface area (Å²) < 4.78 is 16.0. The van der Waals surface area contributed by atoms with Crippen molar-refractivity contribution >= 4 is 56.2 Å². The average molecular weight is 515 g/mol. The largest absolute Gasteiger partial charge is 0.363 e. The first-order chi connectivity index (χ1) is 15.1. The number of fused-ring (bicyclic) bond motifs is 1. The summed E-state index contributed by atoms with van der Waals surface area (Å²) in [6.07, 6.45) is 3.66. The molecule has 2 aromatic carbocycles. The maximum absolute atomic E-state index is 15.1. The molecule has 0 N–H and O–H groups in total. The molecule has 32 heavy (non-hydrogen) atoms. The molecule has 7 heteroatoms. The fourth-order valence-corrected chi connectivity index (χ4v) is 5.45. The molecule has 0 unspecified atom stereocenters. The van der Waals surface area contributed by atoms with Crippen molar-refractivity contribution in [1.29, 1.82) is 0 Å². The van der Waals surface area contributed by atoms with Crippen LogP contribution in [0.25, 0.3) is 11.6 Å². The Hall–Kier alpha value is -2.38. The summed E-state index contributed by atoms with van der Waals surface area (Å²) in [6.45, 7) is 9.21. The van der Waals surface area contributed by atoms with Crippen molar-refractivity contribution in [1.82, 2.24) is 4.90 Å². The smallest absolute Gasteiger partial charge is 0.293 e. The second-order valence-electron chi connectivity index (χ2n) is 8.51. The van der Waals surface area contributed by atoms with E-state index in [2.05, 4.69) is 40.8 Å². The fraction of sp³-hybridized carbons (Fsp3) is 0.280. The fourth-order valence-electron chi connectivity index (χ4n) is 4.35. The molecule has 0 saturated carbocycles. The number of carbonyl (C=O) groups excluding carboxylic acids is 2. The average Bonchev–Trinajstić information content (AvgIpc) is 2.98. The van der Waals surface area contributed by atoms with Crippen molar-refractivity contribution in [3.05, 3.63) is 74.4 Å². The lowest BCUT2D eigenvalue weighted by atomic mass is 9.88. The third kappa shape index (κ3) is 4.16. The van der Waals surface area contributed by atoms with Gasteiger partial charge in [-0.05, 0) is 80.9 Å². The lowest BCUT2D eigenvalue weighted by Gasteiger charge is -2.42. The van der Waals surface area contributed by atoms with Crippen LogP contribution in [-0.4, -0.2) is 28.1 Å². The number of anilines is 1. The lowest BCUT2D eigenvalue weighted by molar-refractivity contribution is -0.123. The van der Waals surface area contributed by atoms with Crippen molar-refractivity contribution in [2.45, 2.75) is 39.8 Å². The second kappa shape index (κ2) is 8.52. The number of carbonyl (C=O) groups is 2. The van der Waals surface area contributed by atoms with Crippen LogP contribution in [0.3, 0.4) is 0 Å². The first-order valence-electron chi connectivity index (χ1n) is 10.4. The van der Waals surface area contributed by atoms with E-state index in [0.29, 0.717) is 5.56 Å². The van der Waals surface area contributed by atoms with Crippen LogP contribution in [0.5, 0.6) is 0 Å². The third-order valence-electron chi connectivity index (χ3n) is 5.83. The van der Waals surface area contributed by atoms with Crippen LogP contribution in [0.1, 0.15) is 44.4 Å². The Morgan fingerprint density at radius 2 is 1.84 bits per heavy atom. The molecule has 0 aromatic heterocycles. The van der Waals surface area contributed by atoms with Crippen molar-refractivity contribution < 1.29 is 14.0 Å². The zero-order chi connectivity index (χ0) is 23.2. The molecule has 0 spiro atoms. The molecule has 0 radical (unpaired) electrons. The number of allylic oxidation sites excluding steroid dienone is 1. The number of thioether (sulfide) groups is 1. The number of benzene rings is 2. The Kier molecular flexibility index (Phi) is 6.07. The van der Waals surface area contributed by atoms with Crippen LogP contribution in [0, 0.1) is 5.82 Å². The number of halogens is 2. The zero-order valence-electron chi connectivity index (χ0n) is 18.4. The Balaban J connectivity index is 1.66. The highest BCUT2D eigenvalue weighted by Gasteiger charge is 2.36. The highest BCUT2D eigenvalue weighted by Crippen LogP contribution is 2.41. The summed E-state index contributed by atoms with van der Waals surface area (Å²) in [5, 5.41) is -0.350. The van der Waals surface area contributed by atoms with E-state index in [-0.39, 0.29) is 22.2 Å². The topological polar surface area (TPSA) is 40.6 Å². The van der Waals surface area contributed by atoms with Gasteiger partial charge >= 0.3 is 0 Å². The van der Waals surface area contributed by atoms with E-state index in [4.69, 9.17) is 0 Å². The molecule has 2 aliphatic heterocycles. The van der Waals surface area contributed by atoms with E-state index >= 15 is 4.39 Å². The SMILES string of the molecule is CCN1c2cc(F)c(/C=C3/SC(=O)N(Cc4ccc(Br)cc4)C3=O)cc2C(C)=CC1(C)C. The van der Waals surface area contributed by atoms with Crippen LogP contribution in [-0.2, 0) is 11.3 Å². The van der Waals surface area contributed by atoms with Gasteiger partial charge in [0.05, 0.1) is 17.0 Å². The Labute approximate surface area is 200 Å². The monoisotopic (exact) mass is 514 g/mol. The molecule has 4 rings (SSSR count). The molecular formula is C25H24BrFN2O2S. The summed E-state index contributed by atoms with van der Waals surface area (Å²) in [5.41, 5.74) is 3.78. The molecule has 4 nitrogen and oxygen atoms in total. The number of likely N-dealkylation sites (N-methyl/N-ethyl adjacent to an activating group) is 1. The maximum atomic E-state index is 15.1. The summed E-state index contributed by atoms with van der Waals surface area (Å²) in [5.74, 6) is -0.809. The van der Waals surface area contributed by atoms with Gasteiger partial charge in [-0.1, -0.05) is 34.1 Å². The second-order valence-corrected chi connectivity index (χ2v) is 10.4. The van der Waals surface area contributed by atoms with Crippen LogP contribution < -0.4 is 4.90 Å². The lowest BCUT2D eigenvalue weighted by Crippen LogP contribution is -2.45. The minimum atomic E-state index is -0.410. The Morgan fingerprint density at radius 1 is 1.16 bits per heavy atom. The molecule has 1 saturated heterocycles. The van der Waals surface area contributed by atoms with Gasteiger partial charge in [0.2, 0.25) is 0 Å². The van der Waals surface area contributed by atoms with E-state index < -0.39 is 11.7 Å². The zero-order valence-corrected chi connectivity index (χ0v) is 20.8. The van der Waals surface area contributed by atoms with Gasteiger partial charge in [-0.15, -0.1) is 0 Å². The molecule has 2 amide bonds. The van der Waals surface area contributed by atoms with Gasteiger partial charge in [0, 0.05) is 27.8 Å². The first kappa shape index (κ1) is 22.8. The molecule has 0 bridgehead atoms. The van der Waals surface area contributed by atoms with Crippen molar-refractivity contribution in [2.24, 2.45) is 0 Å². The van der Waals surface area contributed by atoms with Crippen LogP contribution in [0.2, 0.25) is 0 Å². The van der Waals surface area contributed by atoms with Crippen molar-refractivity contribution in [2.75, 3.05) is 11.4 Å². The predicted molar refractivity (Wildman–Crippen MR) is 133 cm³/mol. The molecule has 0 atom stereocenters. The van der Waals surface area contributed by atoms with Gasteiger partial charge < -0.3 is 4.90 Å². The van der Waals surface area contributed by atoms with Gasteiger partial charge in [-0.2, -0.15) is 0 Å². The summed E-state index contributed by atoms with van der Waals surface area (Å²) in [4.78, 5) is 29.0. The van der Waals surface area contributed by atoms with E-state index in [1.807, 2.05) is 38.1 Å². The standard InChI is InChI=1S/C25H24BrFN2O2S/c1-5-29-21-12-20(27)17(10-19(21)15(2)13-25(29,3)4)11-22-23(30)28(24(31)32-22)14-16-6-8-18(26)9-7-16/h6-13H,5,14H2,1-4H3/b22-11+. The minimum absolute atomic E-state index is 0.185. The van der Waals surface area contributed by atoms with Gasteiger partial charge in [0.25, 0.3) is 11.1 Å². The van der Waals surface area contributed by atoms with Crippen LogP contribution in [0.4, 0.5) is 14.9 Å². The maximum Gasteiger partial charge on any atom is 0.293 e. The number of amides is 2. The van der Waals surface area contributed by atoms with E-state index in [9.17, 15) is 9.59 Å². The minimum Gasteiger partial charge on any atom is -0.363 e. The molecule has 166 valence electrons. The highest BCUT2D eigenvalue weighted by molar-refractivity contribution is 9.10. The van der Waals surface area contributed by atoms with Gasteiger partial charge in [0.1, 0.15) is 5.82 Å². The number of hydrogen-bond donors (Lipinski definition) is 0. The molecule has 1 fully saturated rings. The Bertz CT molecular complexity index is 1170. The predicted octanol–water partition coefficient (Wildman–Crippen LogP) is 6.85. The number of nitrogens with zero attached hydrogens (tertiary/aromatic N) is 2. The van der Waals surface area contributed by atoms with E-state index in [0.717, 1.165) is 45.2 Å². The van der Waals surface area contributed by atoms with Gasteiger partial charge in [0.15, 0.2) is 0 Å². The van der Waals surface area contributed by atoms with E-state index in [1.54, 1.807) is 6.07 Å². The van der Waals surface area contributed by atoms with Gasteiger partial charge in [-0.3, -0.25) is 14.5 Å². The van der Waals surface area contributed by atoms with Gasteiger partial charge in [-0.25, -0.2) is 4.39 Å². The van der Waals surface area contributed by atoms with Crippen LogP contribution in [0.15, 0.2) is 51.9 Å². The number of imide groups is 1. The number of rotatable bonds is 4. The summed E-state index contributed by atoms with van der Waals surface area (Å²) in [6, 6.07) is 10.8. The third-order valence-corrected chi connectivity index (χ3v) is 7.26.